The minimum absolute atomic E-state index is 0.0201. The zero-order chi connectivity index (χ0) is 25.4. The lowest BCUT2D eigenvalue weighted by atomic mass is 9.88. The van der Waals surface area contributed by atoms with Crippen LogP contribution >= 0.6 is 23.5 Å². The molecule has 0 bridgehead atoms. The molecule has 0 aliphatic carbocycles. The Bertz CT molecular complexity index is 915. The SMILES string of the molecule is COc1ccc(NC(CC(=O)SC(C)(C)C)CC(CC(=O)SC(C)(C)C)c2ccccc2)cc1. The highest BCUT2D eigenvalue weighted by atomic mass is 32.2. The first-order valence-electron chi connectivity index (χ1n) is 11.7. The van der Waals surface area contributed by atoms with Gasteiger partial charge in [-0.25, -0.2) is 0 Å². The van der Waals surface area contributed by atoms with Crippen LogP contribution in [0.1, 0.15) is 72.3 Å². The van der Waals surface area contributed by atoms with Crippen molar-refractivity contribution >= 4 is 39.4 Å². The van der Waals surface area contributed by atoms with Gasteiger partial charge in [0.05, 0.1) is 7.11 Å². The average Bonchev–Trinajstić information content (AvgIpc) is 2.71. The van der Waals surface area contributed by atoms with E-state index in [1.54, 1.807) is 7.11 Å². The molecule has 0 spiro atoms. The minimum atomic E-state index is -0.139. The van der Waals surface area contributed by atoms with Crippen LogP contribution < -0.4 is 10.1 Å². The topological polar surface area (TPSA) is 55.4 Å². The quantitative estimate of drug-likeness (QED) is 0.363. The smallest absolute Gasteiger partial charge is 0.191 e. The van der Waals surface area contributed by atoms with E-state index < -0.39 is 0 Å². The van der Waals surface area contributed by atoms with E-state index in [0.717, 1.165) is 17.0 Å². The highest BCUT2D eigenvalue weighted by Gasteiger charge is 2.27. The van der Waals surface area contributed by atoms with E-state index in [2.05, 4.69) is 59.0 Å². The summed E-state index contributed by atoms with van der Waals surface area (Å²) in [7, 11) is 1.64. The summed E-state index contributed by atoms with van der Waals surface area (Å²) in [5.74, 6) is 0.806. The van der Waals surface area contributed by atoms with E-state index in [0.29, 0.717) is 19.3 Å². The Morgan fingerprint density at radius 3 is 1.85 bits per heavy atom. The molecule has 0 amide bonds. The Kier molecular flexibility index (Phi) is 10.6. The van der Waals surface area contributed by atoms with Crippen LogP contribution in [0.3, 0.4) is 0 Å². The van der Waals surface area contributed by atoms with Gasteiger partial charge in [0.2, 0.25) is 0 Å². The summed E-state index contributed by atoms with van der Waals surface area (Å²) in [6.45, 7) is 12.3. The van der Waals surface area contributed by atoms with Crippen LogP contribution in [0.15, 0.2) is 54.6 Å². The molecule has 1 N–H and O–H groups in total. The standard InChI is InChI=1S/C28H39NO3S2/c1-27(2,3)33-25(30)18-21(20-11-9-8-10-12-20)17-23(19-26(31)34-28(4,5)6)29-22-13-15-24(32-7)16-14-22/h8-16,21,23,29H,17-19H2,1-7H3. The Balaban J connectivity index is 2.27. The molecule has 34 heavy (non-hydrogen) atoms. The molecule has 186 valence electrons. The maximum atomic E-state index is 12.9. The molecule has 0 aromatic heterocycles. The molecule has 0 heterocycles. The van der Waals surface area contributed by atoms with Gasteiger partial charge in [-0.1, -0.05) is 95.4 Å². The summed E-state index contributed by atoms with van der Waals surface area (Å²) >= 11 is 2.77. The second-order valence-corrected chi connectivity index (χ2v) is 14.3. The number of carbonyl (C=O) groups is 2. The van der Waals surface area contributed by atoms with Crippen LogP contribution in [-0.2, 0) is 9.59 Å². The number of nitrogens with one attached hydrogen (secondary N) is 1. The molecule has 0 aliphatic heterocycles. The third-order valence-corrected chi connectivity index (χ3v) is 6.98. The zero-order valence-corrected chi connectivity index (χ0v) is 23.1. The fraction of sp³-hybridized carbons (Fsp3) is 0.500. The van der Waals surface area contributed by atoms with E-state index >= 15 is 0 Å². The normalized spacial score (nSPS) is 13.7. The van der Waals surface area contributed by atoms with Gasteiger partial charge >= 0.3 is 0 Å². The first-order valence-corrected chi connectivity index (χ1v) is 13.4. The van der Waals surface area contributed by atoms with Gasteiger partial charge in [0, 0.05) is 34.1 Å². The van der Waals surface area contributed by atoms with Crippen molar-refractivity contribution in [3.8, 4) is 5.75 Å². The first-order chi connectivity index (χ1) is 15.8. The minimum Gasteiger partial charge on any atom is -0.497 e. The van der Waals surface area contributed by atoms with Gasteiger partial charge in [0.1, 0.15) is 5.75 Å². The van der Waals surface area contributed by atoms with Crippen LogP contribution in [0.4, 0.5) is 5.69 Å². The molecule has 2 atom stereocenters. The van der Waals surface area contributed by atoms with Gasteiger partial charge in [-0.3, -0.25) is 9.59 Å². The van der Waals surface area contributed by atoms with Gasteiger partial charge < -0.3 is 10.1 Å². The maximum Gasteiger partial charge on any atom is 0.191 e. The number of carbonyl (C=O) groups excluding carboxylic acids is 2. The molecular formula is C28H39NO3S2. The number of methoxy groups -OCH3 is 1. The van der Waals surface area contributed by atoms with E-state index in [-0.39, 0.29) is 31.7 Å². The Morgan fingerprint density at radius 1 is 0.824 bits per heavy atom. The molecule has 2 unspecified atom stereocenters. The third-order valence-electron chi connectivity index (χ3n) is 4.97. The Labute approximate surface area is 214 Å². The molecule has 0 radical (unpaired) electrons. The maximum absolute atomic E-state index is 12.9. The van der Waals surface area contributed by atoms with Gasteiger partial charge in [0.25, 0.3) is 0 Å². The molecule has 2 aromatic rings. The summed E-state index contributed by atoms with van der Waals surface area (Å²) in [5.41, 5.74) is 2.06. The molecule has 4 nitrogen and oxygen atoms in total. The van der Waals surface area contributed by atoms with E-state index in [1.807, 2.05) is 42.5 Å². The zero-order valence-electron chi connectivity index (χ0n) is 21.5. The number of thioether (sulfide) groups is 2. The molecule has 0 saturated heterocycles. The molecule has 2 aromatic carbocycles. The summed E-state index contributed by atoms with van der Waals surface area (Å²) in [6, 6.07) is 17.8. The van der Waals surface area contributed by atoms with Crippen LogP contribution in [-0.4, -0.2) is 32.9 Å². The van der Waals surface area contributed by atoms with Gasteiger partial charge in [-0.15, -0.1) is 0 Å². The van der Waals surface area contributed by atoms with Crippen molar-refractivity contribution in [3.63, 3.8) is 0 Å². The molecular weight excluding hydrogens is 462 g/mol. The van der Waals surface area contributed by atoms with Crippen LogP contribution in [0.2, 0.25) is 0 Å². The number of hydrogen-bond acceptors (Lipinski definition) is 6. The lowest BCUT2D eigenvalue weighted by molar-refractivity contribution is -0.111. The third kappa shape index (κ3) is 11.0. The number of anilines is 1. The predicted octanol–water partition coefficient (Wildman–Crippen LogP) is 7.55. The summed E-state index contributed by atoms with van der Waals surface area (Å²) in [4.78, 5) is 25.8. The highest BCUT2D eigenvalue weighted by Crippen LogP contribution is 2.34. The van der Waals surface area contributed by atoms with E-state index in [4.69, 9.17) is 4.74 Å². The van der Waals surface area contributed by atoms with E-state index in [1.165, 1.54) is 23.5 Å². The molecule has 0 saturated carbocycles. The van der Waals surface area contributed by atoms with Crippen molar-refractivity contribution in [1.29, 1.82) is 0 Å². The summed E-state index contributed by atoms with van der Waals surface area (Å²) in [6.07, 6.45) is 1.51. The van der Waals surface area contributed by atoms with Crippen LogP contribution in [0, 0.1) is 0 Å². The summed E-state index contributed by atoms with van der Waals surface area (Å²) in [5, 5.41) is 3.89. The van der Waals surface area contributed by atoms with Crippen LogP contribution in [0.25, 0.3) is 0 Å². The Hall–Kier alpha value is -1.92. The fourth-order valence-corrected chi connectivity index (χ4v) is 5.63. The highest BCUT2D eigenvalue weighted by molar-refractivity contribution is 8.15. The number of benzene rings is 2. The van der Waals surface area contributed by atoms with Crippen molar-refractivity contribution in [2.24, 2.45) is 0 Å². The van der Waals surface area contributed by atoms with E-state index in [9.17, 15) is 9.59 Å². The molecule has 0 aliphatic rings. The summed E-state index contributed by atoms with van der Waals surface area (Å²) < 4.78 is 5.01. The second kappa shape index (κ2) is 12.7. The van der Waals surface area contributed by atoms with Crippen molar-refractivity contribution in [3.05, 3.63) is 60.2 Å². The first kappa shape index (κ1) is 28.3. The Morgan fingerprint density at radius 2 is 1.35 bits per heavy atom. The fourth-order valence-electron chi connectivity index (χ4n) is 3.69. The molecule has 2 rings (SSSR count). The largest absolute Gasteiger partial charge is 0.497 e. The molecule has 6 heteroatoms. The van der Waals surface area contributed by atoms with Gasteiger partial charge in [0.15, 0.2) is 10.2 Å². The number of rotatable bonds is 10. The van der Waals surface area contributed by atoms with Crippen molar-refractivity contribution in [2.75, 3.05) is 12.4 Å². The number of hydrogen-bond donors (Lipinski definition) is 1. The van der Waals surface area contributed by atoms with Crippen LogP contribution in [0.5, 0.6) is 5.75 Å². The van der Waals surface area contributed by atoms with Gasteiger partial charge in [-0.05, 0) is 42.2 Å². The lowest BCUT2D eigenvalue weighted by Crippen LogP contribution is -2.27. The van der Waals surface area contributed by atoms with Crippen molar-refractivity contribution in [1.82, 2.24) is 0 Å². The van der Waals surface area contributed by atoms with Crippen molar-refractivity contribution < 1.29 is 14.3 Å². The number of ether oxygens (including phenoxy) is 1. The van der Waals surface area contributed by atoms with Crippen molar-refractivity contribution in [2.45, 2.75) is 82.3 Å². The monoisotopic (exact) mass is 501 g/mol. The average molecular weight is 502 g/mol. The predicted molar refractivity (Wildman–Crippen MR) is 148 cm³/mol. The van der Waals surface area contributed by atoms with Gasteiger partial charge in [-0.2, -0.15) is 0 Å². The lowest BCUT2D eigenvalue weighted by Gasteiger charge is -2.27. The second-order valence-electron chi connectivity index (χ2n) is 10.5. The molecule has 0 fully saturated rings.